The van der Waals surface area contributed by atoms with Crippen LogP contribution >= 0.6 is 0 Å². The highest BCUT2D eigenvalue weighted by atomic mass is 16.5. The van der Waals surface area contributed by atoms with Crippen LogP contribution in [0.4, 0.5) is 5.69 Å². The van der Waals surface area contributed by atoms with Crippen LogP contribution in [0.25, 0.3) is 0 Å². The molecule has 1 aromatic rings. The molecule has 1 atom stereocenters. The topological polar surface area (TPSA) is 36.3 Å². The van der Waals surface area contributed by atoms with E-state index in [0.29, 0.717) is 0 Å². The van der Waals surface area contributed by atoms with Gasteiger partial charge in [-0.2, -0.15) is 5.26 Å². The van der Waals surface area contributed by atoms with E-state index in [1.165, 1.54) is 0 Å². The zero-order chi connectivity index (χ0) is 12.3. The van der Waals surface area contributed by atoms with Crippen molar-refractivity contribution in [3.05, 3.63) is 29.8 Å². The number of nitriles is 1. The van der Waals surface area contributed by atoms with Gasteiger partial charge in [0, 0.05) is 20.2 Å². The van der Waals surface area contributed by atoms with Crippen LogP contribution in [0.2, 0.25) is 0 Å². The fourth-order valence-corrected chi connectivity index (χ4v) is 2.42. The lowest BCUT2D eigenvalue weighted by atomic mass is 9.94. The summed E-state index contributed by atoms with van der Waals surface area (Å²) in [5.74, 6) is 0. The molecule has 0 N–H and O–H groups in total. The van der Waals surface area contributed by atoms with Crippen molar-refractivity contribution in [3.63, 3.8) is 0 Å². The van der Waals surface area contributed by atoms with E-state index in [0.717, 1.165) is 37.2 Å². The summed E-state index contributed by atoms with van der Waals surface area (Å²) < 4.78 is 5.58. The van der Waals surface area contributed by atoms with Crippen molar-refractivity contribution in [2.45, 2.75) is 25.4 Å². The monoisotopic (exact) mass is 230 g/mol. The summed E-state index contributed by atoms with van der Waals surface area (Å²) in [6.07, 6.45) is 2.18. The minimum atomic E-state index is -0.0964. The third-order valence-electron chi connectivity index (χ3n) is 3.52. The average molecular weight is 230 g/mol. The van der Waals surface area contributed by atoms with Crippen LogP contribution in [-0.4, -0.2) is 25.8 Å². The molecule has 3 heteroatoms. The highest BCUT2D eigenvalue weighted by Crippen LogP contribution is 2.29. The van der Waals surface area contributed by atoms with Gasteiger partial charge in [0.1, 0.15) is 6.07 Å². The van der Waals surface area contributed by atoms with Gasteiger partial charge in [0.05, 0.1) is 16.9 Å². The first-order valence-electron chi connectivity index (χ1n) is 5.98. The Balaban J connectivity index is 2.26. The Hall–Kier alpha value is -1.53. The average Bonchev–Trinajstić information content (AvgIpc) is 2.39. The number of para-hydroxylation sites is 1. The van der Waals surface area contributed by atoms with Crippen molar-refractivity contribution in [2.75, 3.05) is 25.1 Å². The first-order chi connectivity index (χ1) is 8.18. The SMILES string of the molecule is COC1(C)CCCN(c2ccccc2C#N)C1. The molecule has 3 nitrogen and oxygen atoms in total. The zero-order valence-electron chi connectivity index (χ0n) is 10.4. The van der Waals surface area contributed by atoms with Gasteiger partial charge < -0.3 is 9.64 Å². The van der Waals surface area contributed by atoms with E-state index in [-0.39, 0.29) is 5.60 Å². The number of hydrogen-bond donors (Lipinski definition) is 0. The van der Waals surface area contributed by atoms with Crippen LogP contribution in [-0.2, 0) is 4.74 Å². The normalized spacial score (nSPS) is 24.4. The highest BCUT2D eigenvalue weighted by Gasteiger charge is 2.31. The van der Waals surface area contributed by atoms with E-state index in [1.807, 2.05) is 24.3 Å². The van der Waals surface area contributed by atoms with Gasteiger partial charge in [-0.05, 0) is 31.9 Å². The summed E-state index contributed by atoms with van der Waals surface area (Å²) in [6, 6.07) is 10.0. The maximum Gasteiger partial charge on any atom is 0.101 e. The molecule has 1 aliphatic heterocycles. The molecule has 1 aliphatic rings. The molecule has 0 spiro atoms. The van der Waals surface area contributed by atoms with Crippen LogP contribution < -0.4 is 4.90 Å². The molecular weight excluding hydrogens is 212 g/mol. The van der Waals surface area contributed by atoms with Gasteiger partial charge >= 0.3 is 0 Å². The maximum absolute atomic E-state index is 9.13. The second-order valence-corrected chi connectivity index (χ2v) is 4.81. The lowest BCUT2D eigenvalue weighted by Gasteiger charge is -2.40. The molecular formula is C14H18N2O. The van der Waals surface area contributed by atoms with Gasteiger partial charge in [0.2, 0.25) is 0 Å². The molecule has 1 aromatic carbocycles. The van der Waals surface area contributed by atoms with Gasteiger partial charge in [-0.1, -0.05) is 12.1 Å². The molecule has 1 saturated heterocycles. The molecule has 0 bridgehead atoms. The number of ether oxygens (including phenoxy) is 1. The van der Waals surface area contributed by atoms with Crippen molar-refractivity contribution in [1.82, 2.24) is 0 Å². The Kier molecular flexibility index (Phi) is 3.35. The van der Waals surface area contributed by atoms with Gasteiger partial charge in [0.25, 0.3) is 0 Å². The molecule has 2 rings (SSSR count). The highest BCUT2D eigenvalue weighted by molar-refractivity contribution is 5.59. The van der Waals surface area contributed by atoms with Crippen LogP contribution in [0.15, 0.2) is 24.3 Å². The van der Waals surface area contributed by atoms with Crippen molar-refractivity contribution in [1.29, 1.82) is 5.26 Å². The molecule has 17 heavy (non-hydrogen) atoms. The number of nitrogens with zero attached hydrogens (tertiary/aromatic N) is 2. The van der Waals surface area contributed by atoms with E-state index < -0.39 is 0 Å². The van der Waals surface area contributed by atoms with Crippen LogP contribution in [0.5, 0.6) is 0 Å². The summed E-state index contributed by atoms with van der Waals surface area (Å²) in [4.78, 5) is 2.26. The Morgan fingerprint density at radius 3 is 2.88 bits per heavy atom. The van der Waals surface area contributed by atoms with Gasteiger partial charge in [-0.25, -0.2) is 0 Å². The molecule has 1 heterocycles. The lowest BCUT2D eigenvalue weighted by molar-refractivity contribution is -0.00466. The summed E-state index contributed by atoms with van der Waals surface area (Å²) >= 11 is 0. The number of anilines is 1. The second kappa shape index (κ2) is 4.77. The molecule has 0 aliphatic carbocycles. The Morgan fingerprint density at radius 2 is 2.18 bits per heavy atom. The number of methoxy groups -OCH3 is 1. The number of piperidine rings is 1. The first-order valence-corrected chi connectivity index (χ1v) is 5.98. The quantitative estimate of drug-likeness (QED) is 0.783. The summed E-state index contributed by atoms with van der Waals surface area (Å²) in [5.41, 5.74) is 1.67. The predicted molar refractivity (Wildman–Crippen MR) is 68.0 cm³/mol. The van der Waals surface area contributed by atoms with Crippen molar-refractivity contribution < 1.29 is 4.74 Å². The van der Waals surface area contributed by atoms with Crippen molar-refractivity contribution >= 4 is 5.69 Å². The van der Waals surface area contributed by atoms with E-state index in [1.54, 1.807) is 7.11 Å². The third kappa shape index (κ3) is 2.42. The lowest BCUT2D eigenvalue weighted by Crippen LogP contribution is -2.47. The van der Waals surface area contributed by atoms with E-state index in [4.69, 9.17) is 10.00 Å². The van der Waals surface area contributed by atoms with Gasteiger partial charge in [0.15, 0.2) is 0 Å². The standard InChI is InChI=1S/C14H18N2O/c1-14(17-2)8-5-9-16(11-14)13-7-4-3-6-12(13)10-15/h3-4,6-7H,5,8-9,11H2,1-2H3. The zero-order valence-corrected chi connectivity index (χ0v) is 10.4. The third-order valence-corrected chi connectivity index (χ3v) is 3.52. The summed E-state index contributed by atoms with van der Waals surface area (Å²) in [7, 11) is 1.76. The summed E-state index contributed by atoms with van der Waals surface area (Å²) in [6.45, 7) is 3.98. The van der Waals surface area contributed by atoms with Gasteiger partial charge in [-0.3, -0.25) is 0 Å². The molecule has 90 valence electrons. The second-order valence-electron chi connectivity index (χ2n) is 4.81. The minimum absolute atomic E-state index is 0.0964. The predicted octanol–water partition coefficient (Wildman–Crippen LogP) is 2.56. The number of rotatable bonds is 2. The fraction of sp³-hybridized carbons (Fsp3) is 0.500. The first kappa shape index (κ1) is 11.9. The number of benzene rings is 1. The molecule has 1 fully saturated rings. The minimum Gasteiger partial charge on any atom is -0.377 e. The largest absolute Gasteiger partial charge is 0.377 e. The van der Waals surface area contributed by atoms with E-state index in [9.17, 15) is 0 Å². The molecule has 0 aromatic heterocycles. The fourth-order valence-electron chi connectivity index (χ4n) is 2.42. The van der Waals surface area contributed by atoms with Crippen LogP contribution in [0.1, 0.15) is 25.3 Å². The Labute approximate surface area is 103 Å². The van der Waals surface area contributed by atoms with Crippen LogP contribution in [0, 0.1) is 11.3 Å². The smallest absolute Gasteiger partial charge is 0.101 e. The van der Waals surface area contributed by atoms with E-state index in [2.05, 4.69) is 17.9 Å². The molecule has 1 unspecified atom stereocenters. The Bertz CT molecular complexity index is 438. The molecule has 0 amide bonds. The van der Waals surface area contributed by atoms with Crippen molar-refractivity contribution in [3.8, 4) is 6.07 Å². The molecule has 0 saturated carbocycles. The number of hydrogen-bond acceptors (Lipinski definition) is 3. The molecule has 0 radical (unpaired) electrons. The summed E-state index contributed by atoms with van der Waals surface area (Å²) in [5, 5.41) is 9.13. The van der Waals surface area contributed by atoms with E-state index >= 15 is 0 Å². The van der Waals surface area contributed by atoms with Gasteiger partial charge in [-0.15, -0.1) is 0 Å². The van der Waals surface area contributed by atoms with Crippen molar-refractivity contribution in [2.24, 2.45) is 0 Å². The Morgan fingerprint density at radius 1 is 1.41 bits per heavy atom. The van der Waals surface area contributed by atoms with Crippen LogP contribution in [0.3, 0.4) is 0 Å². The maximum atomic E-state index is 9.13.